The first kappa shape index (κ1) is 43.1. The molecule has 3 aromatic carbocycles. The number of carbonyl (C=O) groups is 3. The summed E-state index contributed by atoms with van der Waals surface area (Å²) in [4.78, 5) is 48.1. The minimum absolute atomic E-state index is 0.169. The fourth-order valence-electron chi connectivity index (χ4n) is 5.97. The van der Waals surface area contributed by atoms with Crippen molar-refractivity contribution >= 4 is 35.1 Å². The van der Waals surface area contributed by atoms with Gasteiger partial charge in [0.15, 0.2) is 11.2 Å². The van der Waals surface area contributed by atoms with Gasteiger partial charge in [0.1, 0.15) is 12.4 Å². The molecule has 0 saturated heterocycles. The number of ether oxygens (including phenoxy) is 4. The van der Waals surface area contributed by atoms with E-state index in [1.54, 1.807) is 38.1 Å². The molecular formula is C46H54O10. The topological polar surface area (TPSA) is 131 Å². The van der Waals surface area contributed by atoms with E-state index >= 15 is 0 Å². The van der Waals surface area contributed by atoms with Crippen molar-refractivity contribution < 1.29 is 42.2 Å². The fraction of sp³-hybridized carbons (Fsp3) is 0.391. The molecule has 4 aromatic rings. The predicted octanol–water partition coefficient (Wildman–Crippen LogP) is 10.0. The van der Waals surface area contributed by atoms with Gasteiger partial charge in [-0.05, 0) is 110 Å². The average molecular weight is 767 g/mol. The molecule has 56 heavy (non-hydrogen) atoms. The van der Waals surface area contributed by atoms with Gasteiger partial charge in [0.2, 0.25) is 0 Å². The molecule has 0 aliphatic carbocycles. The van der Waals surface area contributed by atoms with Crippen LogP contribution in [-0.2, 0) is 48.0 Å². The van der Waals surface area contributed by atoms with Crippen molar-refractivity contribution in [2.24, 2.45) is 0 Å². The summed E-state index contributed by atoms with van der Waals surface area (Å²) in [5, 5.41) is 0. The number of hydrogen-bond donors (Lipinski definition) is 0. The summed E-state index contributed by atoms with van der Waals surface area (Å²) in [5.41, 5.74) is 6.61. The van der Waals surface area contributed by atoms with E-state index in [0.29, 0.717) is 60.4 Å². The highest BCUT2D eigenvalue weighted by atomic mass is 16.6. The van der Waals surface area contributed by atoms with Crippen LogP contribution in [0.15, 0.2) is 98.6 Å². The van der Waals surface area contributed by atoms with Gasteiger partial charge in [-0.15, -0.1) is 0 Å². The highest BCUT2D eigenvalue weighted by molar-refractivity contribution is 5.88. The standard InChI is InChI=1S/C46H54O10/c1-6-7-8-9-10-11-12-25-51-42(47)24-20-34-17-21-36(22-18-34)39-29-37(15-13-26-52-44(48)32(2)3)43(38(30-39)16-14-27-53-45(49)33(4)5)54-31-35-19-23-40-41(28-35)56-46(50)55-40/h17-24,28-30H,2,4,6-16,25-27,31H2,1,3,5H3/b24-20+. The van der Waals surface area contributed by atoms with Gasteiger partial charge < -0.3 is 27.8 Å². The molecule has 0 fully saturated rings. The van der Waals surface area contributed by atoms with E-state index in [1.165, 1.54) is 38.2 Å². The zero-order valence-electron chi connectivity index (χ0n) is 33.0. The number of fused-ring (bicyclic) bond motifs is 1. The van der Waals surface area contributed by atoms with E-state index in [9.17, 15) is 19.2 Å². The molecule has 1 heterocycles. The first-order valence-corrected chi connectivity index (χ1v) is 19.5. The van der Waals surface area contributed by atoms with Gasteiger partial charge >= 0.3 is 23.7 Å². The first-order chi connectivity index (χ1) is 27.0. The highest BCUT2D eigenvalue weighted by Crippen LogP contribution is 2.34. The Morgan fingerprint density at radius 3 is 1.84 bits per heavy atom. The Kier molecular flexibility index (Phi) is 17.4. The van der Waals surface area contributed by atoms with Gasteiger partial charge in [0, 0.05) is 17.2 Å². The lowest BCUT2D eigenvalue weighted by Gasteiger charge is -2.19. The second kappa shape index (κ2) is 22.7. The van der Waals surface area contributed by atoms with E-state index in [1.807, 2.05) is 24.3 Å². The molecular weight excluding hydrogens is 712 g/mol. The molecule has 0 aliphatic heterocycles. The summed E-state index contributed by atoms with van der Waals surface area (Å²) >= 11 is 0. The quantitative estimate of drug-likeness (QED) is 0.0294. The van der Waals surface area contributed by atoms with E-state index in [0.717, 1.165) is 46.2 Å². The number of carbonyl (C=O) groups excluding carboxylic acids is 3. The van der Waals surface area contributed by atoms with Crippen LogP contribution in [0, 0.1) is 0 Å². The van der Waals surface area contributed by atoms with Crippen molar-refractivity contribution in [3.8, 4) is 16.9 Å². The minimum Gasteiger partial charge on any atom is -0.488 e. The summed E-state index contributed by atoms with van der Waals surface area (Å²) in [6.07, 6.45) is 13.4. The normalized spacial score (nSPS) is 11.1. The van der Waals surface area contributed by atoms with Gasteiger partial charge in [0.05, 0.1) is 19.8 Å². The Hall–Kier alpha value is -5.64. The molecule has 0 bridgehead atoms. The van der Waals surface area contributed by atoms with Crippen molar-refractivity contribution in [2.45, 2.75) is 98.0 Å². The van der Waals surface area contributed by atoms with Crippen molar-refractivity contribution in [3.05, 3.63) is 118 Å². The van der Waals surface area contributed by atoms with Gasteiger partial charge in [-0.3, -0.25) is 0 Å². The maximum Gasteiger partial charge on any atom is 0.519 e. The van der Waals surface area contributed by atoms with Crippen molar-refractivity contribution in [3.63, 3.8) is 0 Å². The third-order valence-electron chi connectivity index (χ3n) is 9.01. The second-order valence-electron chi connectivity index (χ2n) is 13.9. The summed E-state index contributed by atoms with van der Waals surface area (Å²) in [6.45, 7) is 13.7. The first-order valence-electron chi connectivity index (χ1n) is 19.5. The largest absolute Gasteiger partial charge is 0.519 e. The second-order valence-corrected chi connectivity index (χ2v) is 13.9. The van der Waals surface area contributed by atoms with Crippen LogP contribution in [0.2, 0.25) is 0 Å². The lowest BCUT2D eigenvalue weighted by atomic mass is 9.94. The number of aryl methyl sites for hydroxylation is 2. The predicted molar refractivity (Wildman–Crippen MR) is 217 cm³/mol. The highest BCUT2D eigenvalue weighted by Gasteiger charge is 2.16. The SMILES string of the molecule is C=C(C)C(=O)OCCCc1cc(-c2ccc(/C=C/C(=O)OCCCCCCCCC)cc2)cc(CCCOC(=O)C(=C)C)c1OCc1ccc2oc(=O)oc2c1. The molecule has 0 atom stereocenters. The fourth-order valence-corrected chi connectivity index (χ4v) is 5.97. The zero-order valence-corrected chi connectivity index (χ0v) is 33.0. The molecule has 0 N–H and O–H groups in total. The van der Waals surface area contributed by atoms with E-state index < -0.39 is 17.8 Å². The Bertz CT molecular complexity index is 1970. The maximum atomic E-state index is 12.3. The molecule has 298 valence electrons. The lowest BCUT2D eigenvalue weighted by molar-refractivity contribution is -0.139. The van der Waals surface area contributed by atoms with Crippen molar-refractivity contribution in [1.82, 2.24) is 0 Å². The van der Waals surface area contributed by atoms with Crippen molar-refractivity contribution in [1.29, 1.82) is 0 Å². The molecule has 1 aromatic heterocycles. The van der Waals surface area contributed by atoms with Crippen LogP contribution in [0.4, 0.5) is 0 Å². The van der Waals surface area contributed by atoms with Crippen LogP contribution < -0.4 is 10.6 Å². The summed E-state index contributed by atoms with van der Waals surface area (Å²) < 4.78 is 32.9. The van der Waals surface area contributed by atoms with Gasteiger partial charge in [0.25, 0.3) is 0 Å². The van der Waals surface area contributed by atoms with Gasteiger partial charge in [-0.2, -0.15) is 0 Å². The molecule has 0 unspecified atom stereocenters. The Morgan fingerprint density at radius 1 is 0.661 bits per heavy atom. The van der Waals surface area contributed by atoms with E-state index in [2.05, 4.69) is 32.2 Å². The molecule has 0 spiro atoms. The number of esters is 3. The van der Waals surface area contributed by atoms with Crippen molar-refractivity contribution in [2.75, 3.05) is 19.8 Å². The van der Waals surface area contributed by atoms with Crippen LogP contribution in [0.25, 0.3) is 28.4 Å². The molecule has 0 amide bonds. The van der Waals surface area contributed by atoms with Crippen LogP contribution in [0.5, 0.6) is 5.75 Å². The maximum absolute atomic E-state index is 12.3. The van der Waals surface area contributed by atoms with Crippen LogP contribution in [0.3, 0.4) is 0 Å². The molecule has 0 radical (unpaired) electrons. The van der Waals surface area contributed by atoms with E-state index in [-0.39, 0.29) is 25.8 Å². The van der Waals surface area contributed by atoms with Gasteiger partial charge in [-0.1, -0.05) is 88.9 Å². The summed E-state index contributed by atoms with van der Waals surface area (Å²) in [7, 11) is 0. The summed E-state index contributed by atoms with van der Waals surface area (Å²) in [5.74, 6) is -1.37. The lowest BCUT2D eigenvalue weighted by Crippen LogP contribution is -2.09. The zero-order chi connectivity index (χ0) is 40.3. The number of unbranched alkanes of at least 4 members (excludes halogenated alkanes) is 6. The van der Waals surface area contributed by atoms with E-state index in [4.69, 9.17) is 27.8 Å². The smallest absolute Gasteiger partial charge is 0.488 e. The molecule has 0 saturated carbocycles. The Balaban J connectivity index is 1.54. The summed E-state index contributed by atoms with van der Waals surface area (Å²) in [6, 6.07) is 17.2. The average Bonchev–Trinajstić information content (AvgIpc) is 3.56. The molecule has 0 aliphatic rings. The monoisotopic (exact) mass is 766 g/mol. The molecule has 4 rings (SSSR count). The Morgan fingerprint density at radius 2 is 1.23 bits per heavy atom. The number of benzene rings is 3. The number of hydrogen-bond acceptors (Lipinski definition) is 10. The van der Waals surface area contributed by atoms with Crippen LogP contribution in [-0.4, -0.2) is 37.7 Å². The van der Waals surface area contributed by atoms with Gasteiger partial charge in [-0.25, -0.2) is 19.2 Å². The number of rotatable bonds is 24. The molecule has 10 nitrogen and oxygen atoms in total. The van der Waals surface area contributed by atoms with Crippen LogP contribution >= 0.6 is 0 Å². The third kappa shape index (κ3) is 14.2. The molecule has 10 heteroatoms. The van der Waals surface area contributed by atoms with Crippen LogP contribution in [0.1, 0.15) is 101 Å². The third-order valence-corrected chi connectivity index (χ3v) is 9.01. The minimum atomic E-state index is -0.779. The Labute approximate surface area is 329 Å².